The van der Waals surface area contributed by atoms with Crippen molar-refractivity contribution in [3.05, 3.63) is 53.3 Å². The summed E-state index contributed by atoms with van der Waals surface area (Å²) in [6.45, 7) is 0.972. The lowest BCUT2D eigenvalue weighted by Gasteiger charge is -2.20. The summed E-state index contributed by atoms with van der Waals surface area (Å²) in [7, 11) is -7.66. The molecular formula is C18H20ClFN2O4S2. The number of rotatable bonds is 5. The predicted octanol–water partition coefficient (Wildman–Crippen LogP) is 3.84. The lowest BCUT2D eigenvalue weighted by atomic mass is 10.2. The van der Waals surface area contributed by atoms with Gasteiger partial charge in [0.1, 0.15) is 10.7 Å². The molecule has 1 saturated heterocycles. The summed E-state index contributed by atoms with van der Waals surface area (Å²) >= 11 is 5.82. The van der Waals surface area contributed by atoms with Gasteiger partial charge in [0, 0.05) is 18.8 Å². The zero-order valence-electron chi connectivity index (χ0n) is 14.9. The van der Waals surface area contributed by atoms with Gasteiger partial charge in [0.15, 0.2) is 0 Å². The zero-order chi connectivity index (χ0) is 20.4. The molecule has 152 valence electrons. The van der Waals surface area contributed by atoms with Crippen LogP contribution in [0.3, 0.4) is 0 Å². The Morgan fingerprint density at radius 2 is 1.50 bits per heavy atom. The second kappa shape index (κ2) is 8.36. The standard InChI is InChI=1S/C18H20ClFN2O4S2/c19-17-13-14(20)5-10-18(17)27(23,24)21-15-6-8-16(9-7-15)28(25,26)22-11-3-1-2-4-12-22/h5-10,13,21H,1-4,11-12H2. The van der Waals surface area contributed by atoms with Gasteiger partial charge in [0.25, 0.3) is 10.0 Å². The average Bonchev–Trinajstić information content (AvgIpc) is 2.91. The van der Waals surface area contributed by atoms with Crippen LogP contribution in [-0.2, 0) is 20.0 Å². The summed E-state index contributed by atoms with van der Waals surface area (Å²) < 4.78 is 67.4. The third-order valence-corrected chi connectivity index (χ3v) is 8.27. The molecule has 10 heteroatoms. The number of benzene rings is 2. The van der Waals surface area contributed by atoms with Gasteiger partial charge in [-0.3, -0.25) is 4.72 Å². The molecule has 6 nitrogen and oxygen atoms in total. The van der Waals surface area contributed by atoms with E-state index in [1.165, 1.54) is 28.6 Å². The molecule has 3 rings (SSSR count). The highest BCUT2D eigenvalue weighted by atomic mass is 35.5. The minimum atomic E-state index is -4.04. The molecule has 0 saturated carbocycles. The Balaban J connectivity index is 1.80. The van der Waals surface area contributed by atoms with Gasteiger partial charge in [-0.25, -0.2) is 21.2 Å². The lowest BCUT2D eigenvalue weighted by Crippen LogP contribution is -2.31. The molecule has 1 N–H and O–H groups in total. The van der Waals surface area contributed by atoms with Gasteiger partial charge >= 0.3 is 0 Å². The average molecular weight is 447 g/mol. The molecular weight excluding hydrogens is 427 g/mol. The lowest BCUT2D eigenvalue weighted by molar-refractivity contribution is 0.424. The highest BCUT2D eigenvalue weighted by molar-refractivity contribution is 7.92. The number of sulfonamides is 2. The molecule has 1 fully saturated rings. The van der Waals surface area contributed by atoms with Gasteiger partial charge in [-0.15, -0.1) is 0 Å². The predicted molar refractivity (Wildman–Crippen MR) is 106 cm³/mol. The number of anilines is 1. The Morgan fingerprint density at radius 1 is 0.893 bits per heavy atom. The molecule has 0 radical (unpaired) electrons. The van der Waals surface area contributed by atoms with Gasteiger partial charge in [-0.1, -0.05) is 24.4 Å². The number of hydrogen-bond acceptors (Lipinski definition) is 4. The second-order valence-corrected chi connectivity index (χ2v) is 10.5. The third kappa shape index (κ3) is 4.65. The summed E-state index contributed by atoms with van der Waals surface area (Å²) in [5.41, 5.74) is 0.176. The third-order valence-electron chi connectivity index (χ3n) is 4.49. The van der Waals surface area contributed by atoms with Crippen LogP contribution in [0.15, 0.2) is 52.3 Å². The molecule has 1 heterocycles. The summed E-state index contributed by atoms with van der Waals surface area (Å²) in [5.74, 6) is -0.646. The first-order valence-electron chi connectivity index (χ1n) is 8.78. The normalized spacial score (nSPS) is 16.5. The molecule has 0 atom stereocenters. The first-order valence-corrected chi connectivity index (χ1v) is 12.1. The molecule has 0 aliphatic carbocycles. The fourth-order valence-corrected chi connectivity index (χ4v) is 6.14. The van der Waals surface area contributed by atoms with Crippen LogP contribution >= 0.6 is 11.6 Å². The Kier molecular flexibility index (Phi) is 6.28. The van der Waals surface area contributed by atoms with E-state index < -0.39 is 25.9 Å². The van der Waals surface area contributed by atoms with Crippen LogP contribution in [0.2, 0.25) is 5.02 Å². The highest BCUT2D eigenvalue weighted by Crippen LogP contribution is 2.26. The van der Waals surface area contributed by atoms with Crippen LogP contribution in [-0.4, -0.2) is 34.2 Å². The van der Waals surface area contributed by atoms with Crippen LogP contribution in [0.1, 0.15) is 25.7 Å². The molecule has 0 aromatic heterocycles. The van der Waals surface area contributed by atoms with Crippen molar-refractivity contribution in [1.82, 2.24) is 4.31 Å². The molecule has 28 heavy (non-hydrogen) atoms. The highest BCUT2D eigenvalue weighted by Gasteiger charge is 2.25. The number of hydrogen-bond donors (Lipinski definition) is 1. The van der Waals surface area contributed by atoms with E-state index in [0.717, 1.165) is 43.9 Å². The first-order chi connectivity index (χ1) is 13.2. The van der Waals surface area contributed by atoms with E-state index in [0.29, 0.717) is 13.1 Å². The van der Waals surface area contributed by atoms with Crippen molar-refractivity contribution in [3.63, 3.8) is 0 Å². The van der Waals surface area contributed by atoms with Crippen molar-refractivity contribution in [3.8, 4) is 0 Å². The van der Waals surface area contributed by atoms with Crippen LogP contribution in [0, 0.1) is 5.82 Å². The van der Waals surface area contributed by atoms with Crippen molar-refractivity contribution in [2.45, 2.75) is 35.5 Å². The molecule has 0 spiro atoms. The topological polar surface area (TPSA) is 83.5 Å². The number of nitrogens with zero attached hydrogens (tertiary/aromatic N) is 1. The van der Waals surface area contributed by atoms with E-state index in [1.54, 1.807) is 0 Å². The van der Waals surface area contributed by atoms with Crippen molar-refractivity contribution in [2.24, 2.45) is 0 Å². The van der Waals surface area contributed by atoms with Crippen molar-refractivity contribution in [1.29, 1.82) is 0 Å². The van der Waals surface area contributed by atoms with Gasteiger partial charge in [-0.2, -0.15) is 4.31 Å². The quantitative estimate of drug-likeness (QED) is 0.756. The minimum absolute atomic E-state index is 0.108. The van der Waals surface area contributed by atoms with Gasteiger partial charge in [0.2, 0.25) is 10.0 Å². The maximum atomic E-state index is 13.1. The zero-order valence-corrected chi connectivity index (χ0v) is 17.3. The Bertz CT molecular complexity index is 1050. The summed E-state index contributed by atoms with van der Waals surface area (Å²) in [4.78, 5) is -0.158. The van der Waals surface area contributed by atoms with Crippen molar-refractivity contribution >= 4 is 37.3 Å². The molecule has 1 aliphatic heterocycles. The van der Waals surface area contributed by atoms with E-state index in [2.05, 4.69) is 4.72 Å². The fourth-order valence-electron chi connectivity index (χ4n) is 3.03. The molecule has 2 aromatic carbocycles. The summed E-state index contributed by atoms with van der Waals surface area (Å²) in [6.07, 6.45) is 3.68. The van der Waals surface area contributed by atoms with Gasteiger partial charge in [0.05, 0.1) is 9.92 Å². The maximum Gasteiger partial charge on any atom is 0.263 e. The second-order valence-electron chi connectivity index (χ2n) is 6.52. The Morgan fingerprint density at radius 3 is 2.07 bits per heavy atom. The Hall–Kier alpha value is -1.68. The van der Waals surface area contributed by atoms with E-state index in [9.17, 15) is 21.2 Å². The Labute approximate surface area is 169 Å². The van der Waals surface area contributed by atoms with Gasteiger partial charge < -0.3 is 0 Å². The van der Waals surface area contributed by atoms with Crippen LogP contribution in [0.4, 0.5) is 10.1 Å². The van der Waals surface area contributed by atoms with E-state index >= 15 is 0 Å². The van der Waals surface area contributed by atoms with Crippen molar-refractivity contribution in [2.75, 3.05) is 17.8 Å². The SMILES string of the molecule is O=S(=O)(Nc1ccc(S(=O)(=O)N2CCCCCC2)cc1)c1ccc(F)cc1Cl. The molecule has 1 aliphatic rings. The van der Waals surface area contributed by atoms with Crippen LogP contribution in [0.5, 0.6) is 0 Å². The summed E-state index contributed by atoms with van der Waals surface area (Å²) in [6, 6.07) is 8.45. The molecule has 0 amide bonds. The minimum Gasteiger partial charge on any atom is -0.280 e. The fraction of sp³-hybridized carbons (Fsp3) is 0.333. The monoisotopic (exact) mass is 446 g/mol. The van der Waals surface area contributed by atoms with E-state index in [4.69, 9.17) is 11.6 Å². The van der Waals surface area contributed by atoms with Crippen LogP contribution < -0.4 is 4.72 Å². The van der Waals surface area contributed by atoms with E-state index in [1.807, 2.05) is 0 Å². The first kappa shape index (κ1) is 21.0. The largest absolute Gasteiger partial charge is 0.280 e. The van der Waals surface area contributed by atoms with Crippen LogP contribution in [0.25, 0.3) is 0 Å². The van der Waals surface area contributed by atoms with E-state index in [-0.39, 0.29) is 20.5 Å². The molecule has 0 unspecified atom stereocenters. The van der Waals surface area contributed by atoms with Gasteiger partial charge in [-0.05, 0) is 55.3 Å². The smallest absolute Gasteiger partial charge is 0.263 e. The molecule has 2 aromatic rings. The number of nitrogens with one attached hydrogen (secondary N) is 1. The van der Waals surface area contributed by atoms with Crippen molar-refractivity contribution < 1.29 is 21.2 Å². The maximum absolute atomic E-state index is 13.1. The number of halogens is 2. The summed E-state index contributed by atoms with van der Waals surface area (Å²) in [5, 5.41) is -0.243. The molecule has 0 bridgehead atoms.